The third-order valence-electron chi connectivity index (χ3n) is 3.70. The topological polar surface area (TPSA) is 75.7 Å². The number of hydrogen-bond acceptors (Lipinski definition) is 4. The second kappa shape index (κ2) is 8.38. The lowest BCUT2D eigenvalue weighted by molar-refractivity contribution is -0.121. The minimum atomic E-state index is -0.111. The molecule has 0 radical (unpaired) electrons. The van der Waals surface area contributed by atoms with Crippen molar-refractivity contribution < 1.29 is 18.4 Å². The lowest BCUT2D eigenvalue weighted by atomic mass is 10.2. The van der Waals surface area contributed by atoms with Gasteiger partial charge in [0.1, 0.15) is 17.3 Å². The quantitative estimate of drug-likeness (QED) is 0.806. The van der Waals surface area contributed by atoms with Gasteiger partial charge in [0.05, 0.1) is 18.4 Å². The summed E-state index contributed by atoms with van der Waals surface area (Å²) in [4.78, 5) is 26.3. The van der Waals surface area contributed by atoms with Gasteiger partial charge in [-0.2, -0.15) is 0 Å². The zero-order valence-electron chi connectivity index (χ0n) is 14.4. The predicted molar refractivity (Wildman–Crippen MR) is 89.5 cm³/mol. The van der Waals surface area contributed by atoms with Crippen LogP contribution in [0.25, 0.3) is 0 Å². The van der Waals surface area contributed by atoms with Gasteiger partial charge in [0, 0.05) is 19.5 Å². The minimum absolute atomic E-state index is 0.0926. The lowest BCUT2D eigenvalue weighted by Crippen LogP contribution is -2.35. The van der Waals surface area contributed by atoms with Crippen molar-refractivity contribution in [1.82, 2.24) is 10.2 Å². The minimum Gasteiger partial charge on any atom is -0.467 e. The van der Waals surface area contributed by atoms with Crippen molar-refractivity contribution in [1.29, 1.82) is 0 Å². The first-order chi connectivity index (χ1) is 11.5. The number of rotatable bonds is 8. The van der Waals surface area contributed by atoms with Crippen LogP contribution in [0, 0.1) is 13.8 Å². The van der Waals surface area contributed by atoms with Crippen LogP contribution in [0.2, 0.25) is 0 Å². The fourth-order valence-corrected chi connectivity index (χ4v) is 2.52. The van der Waals surface area contributed by atoms with Crippen molar-refractivity contribution in [3.05, 3.63) is 47.3 Å². The van der Waals surface area contributed by atoms with Gasteiger partial charge in [-0.1, -0.05) is 6.92 Å². The summed E-state index contributed by atoms with van der Waals surface area (Å²) in [5.41, 5.74) is 0.567. The molecule has 0 aliphatic heterocycles. The third-order valence-corrected chi connectivity index (χ3v) is 3.70. The maximum atomic E-state index is 12.6. The number of carbonyl (C=O) groups is 2. The third kappa shape index (κ3) is 4.75. The van der Waals surface area contributed by atoms with E-state index in [1.165, 1.54) is 0 Å². The Morgan fingerprint density at radius 2 is 2.04 bits per heavy atom. The van der Waals surface area contributed by atoms with E-state index in [0.717, 1.165) is 6.42 Å². The Balaban J connectivity index is 1.89. The van der Waals surface area contributed by atoms with Crippen LogP contribution in [0.5, 0.6) is 0 Å². The summed E-state index contributed by atoms with van der Waals surface area (Å²) < 4.78 is 10.6. The van der Waals surface area contributed by atoms with E-state index in [4.69, 9.17) is 8.83 Å². The first kappa shape index (κ1) is 17.8. The zero-order chi connectivity index (χ0) is 17.5. The zero-order valence-corrected chi connectivity index (χ0v) is 14.4. The monoisotopic (exact) mass is 332 g/mol. The Morgan fingerprint density at radius 3 is 2.62 bits per heavy atom. The molecule has 0 bridgehead atoms. The molecule has 0 unspecified atom stereocenters. The summed E-state index contributed by atoms with van der Waals surface area (Å²) in [6.07, 6.45) is 2.65. The van der Waals surface area contributed by atoms with Crippen molar-refractivity contribution >= 4 is 11.8 Å². The molecule has 2 rings (SSSR count). The van der Waals surface area contributed by atoms with Gasteiger partial charge in [-0.15, -0.1) is 0 Å². The van der Waals surface area contributed by atoms with Gasteiger partial charge in [0.15, 0.2) is 0 Å². The molecule has 0 fully saturated rings. The first-order valence-corrected chi connectivity index (χ1v) is 8.16. The molecular formula is C18H24N2O4. The van der Waals surface area contributed by atoms with Gasteiger partial charge >= 0.3 is 0 Å². The molecule has 2 heterocycles. The van der Waals surface area contributed by atoms with Gasteiger partial charge < -0.3 is 19.1 Å². The molecule has 1 N–H and O–H groups in total. The Labute approximate surface area is 141 Å². The van der Waals surface area contributed by atoms with Gasteiger partial charge in [-0.3, -0.25) is 9.59 Å². The van der Waals surface area contributed by atoms with E-state index >= 15 is 0 Å². The van der Waals surface area contributed by atoms with E-state index in [9.17, 15) is 9.59 Å². The van der Waals surface area contributed by atoms with Crippen molar-refractivity contribution in [2.75, 3.05) is 13.1 Å². The fraction of sp³-hybridized carbons (Fsp3) is 0.444. The van der Waals surface area contributed by atoms with E-state index in [-0.39, 0.29) is 18.2 Å². The molecule has 0 aromatic carbocycles. The number of hydrogen-bond donors (Lipinski definition) is 1. The summed E-state index contributed by atoms with van der Waals surface area (Å²) in [5, 5.41) is 2.79. The molecule has 0 aliphatic carbocycles. The van der Waals surface area contributed by atoms with Crippen molar-refractivity contribution in [3.63, 3.8) is 0 Å². The highest BCUT2D eigenvalue weighted by Gasteiger charge is 2.20. The molecule has 2 amide bonds. The first-order valence-electron chi connectivity index (χ1n) is 8.16. The van der Waals surface area contributed by atoms with E-state index in [0.29, 0.717) is 42.5 Å². The fourth-order valence-electron chi connectivity index (χ4n) is 2.52. The highest BCUT2D eigenvalue weighted by atomic mass is 16.3. The average Bonchev–Trinajstić information content (AvgIpc) is 3.18. The van der Waals surface area contributed by atoms with Crippen molar-refractivity contribution in [2.24, 2.45) is 0 Å². The normalized spacial score (nSPS) is 10.6. The molecule has 6 nitrogen and oxygen atoms in total. The van der Waals surface area contributed by atoms with Crippen molar-refractivity contribution in [3.8, 4) is 0 Å². The van der Waals surface area contributed by atoms with Crippen LogP contribution < -0.4 is 5.32 Å². The Morgan fingerprint density at radius 1 is 1.25 bits per heavy atom. The SMILES string of the molecule is CCCN(CCC(=O)NCc1ccco1)C(=O)c1cc(C)oc1C. The van der Waals surface area contributed by atoms with Crippen LogP contribution in [-0.2, 0) is 11.3 Å². The summed E-state index contributed by atoms with van der Waals surface area (Å²) in [7, 11) is 0. The molecule has 0 aliphatic rings. The molecule has 0 saturated carbocycles. The molecule has 0 atom stereocenters. The summed E-state index contributed by atoms with van der Waals surface area (Å²) in [6.45, 7) is 6.93. The molecule has 24 heavy (non-hydrogen) atoms. The molecule has 0 saturated heterocycles. The molecular weight excluding hydrogens is 308 g/mol. The van der Waals surface area contributed by atoms with E-state index in [2.05, 4.69) is 5.32 Å². The Kier molecular flexibility index (Phi) is 6.23. The molecule has 2 aromatic heterocycles. The number of aryl methyl sites for hydroxylation is 2. The van der Waals surface area contributed by atoms with Gasteiger partial charge in [-0.25, -0.2) is 0 Å². The number of nitrogens with zero attached hydrogens (tertiary/aromatic N) is 1. The highest BCUT2D eigenvalue weighted by Crippen LogP contribution is 2.16. The number of furan rings is 2. The van der Waals surface area contributed by atoms with Gasteiger partial charge in [-0.05, 0) is 38.5 Å². The van der Waals surface area contributed by atoms with Crippen LogP contribution in [-0.4, -0.2) is 29.8 Å². The molecule has 0 spiro atoms. The molecule has 6 heteroatoms. The maximum Gasteiger partial charge on any atom is 0.257 e. The number of nitrogens with one attached hydrogen (secondary N) is 1. The average molecular weight is 332 g/mol. The van der Waals surface area contributed by atoms with E-state index < -0.39 is 0 Å². The van der Waals surface area contributed by atoms with Crippen LogP contribution >= 0.6 is 0 Å². The second-order valence-corrected chi connectivity index (χ2v) is 5.73. The smallest absolute Gasteiger partial charge is 0.257 e. The van der Waals surface area contributed by atoms with Crippen LogP contribution in [0.1, 0.15) is 47.4 Å². The standard InChI is InChI=1S/C18H24N2O4/c1-4-8-20(18(22)16-11-13(2)24-14(16)3)9-7-17(21)19-12-15-6-5-10-23-15/h5-6,10-11H,4,7-9,12H2,1-3H3,(H,19,21). The van der Waals surface area contributed by atoms with Crippen LogP contribution in [0.15, 0.2) is 33.3 Å². The highest BCUT2D eigenvalue weighted by molar-refractivity contribution is 5.95. The summed E-state index contributed by atoms with van der Waals surface area (Å²) in [6, 6.07) is 5.33. The maximum absolute atomic E-state index is 12.6. The van der Waals surface area contributed by atoms with Gasteiger partial charge in [0.25, 0.3) is 5.91 Å². The molecule has 2 aromatic rings. The van der Waals surface area contributed by atoms with E-state index in [1.54, 1.807) is 36.3 Å². The van der Waals surface area contributed by atoms with Crippen LogP contribution in [0.3, 0.4) is 0 Å². The van der Waals surface area contributed by atoms with Crippen molar-refractivity contribution in [2.45, 2.75) is 40.2 Å². The Hall–Kier alpha value is -2.50. The summed E-state index contributed by atoms with van der Waals surface area (Å²) in [5.74, 6) is 1.82. The number of carbonyl (C=O) groups excluding carboxylic acids is 2. The predicted octanol–water partition coefficient (Wildman–Crippen LogP) is 3.05. The molecule has 130 valence electrons. The van der Waals surface area contributed by atoms with Gasteiger partial charge in [0.2, 0.25) is 5.91 Å². The lowest BCUT2D eigenvalue weighted by Gasteiger charge is -2.21. The second-order valence-electron chi connectivity index (χ2n) is 5.73. The number of amides is 2. The largest absolute Gasteiger partial charge is 0.467 e. The van der Waals surface area contributed by atoms with E-state index in [1.807, 2.05) is 13.8 Å². The van der Waals surface area contributed by atoms with Crippen LogP contribution in [0.4, 0.5) is 0 Å². The Bertz CT molecular complexity index is 673. The summed E-state index contributed by atoms with van der Waals surface area (Å²) >= 11 is 0.